The van der Waals surface area contributed by atoms with Crippen LogP contribution in [-0.4, -0.2) is 16.8 Å². The molecule has 77 valence electrons. The number of rotatable bonds is 1. The standard InChI is InChI=1S/C11H11N2O2/c12-11(15)13-9(6-7-10(13)14)8-4-2-1-3-5-8/h1-5,7,9H,6H2,(H2,12,15). The van der Waals surface area contributed by atoms with E-state index in [-0.39, 0.29) is 11.9 Å². The summed E-state index contributed by atoms with van der Waals surface area (Å²) in [6.07, 6.45) is 2.02. The van der Waals surface area contributed by atoms with Gasteiger partial charge in [-0.3, -0.25) is 9.69 Å². The Morgan fingerprint density at radius 3 is 2.60 bits per heavy atom. The van der Waals surface area contributed by atoms with Crippen molar-refractivity contribution >= 4 is 11.9 Å². The van der Waals surface area contributed by atoms with E-state index in [1.54, 1.807) is 0 Å². The Kier molecular flexibility index (Phi) is 2.41. The molecule has 0 spiro atoms. The Morgan fingerprint density at radius 2 is 2.00 bits per heavy atom. The minimum Gasteiger partial charge on any atom is -0.351 e. The molecule has 1 saturated heterocycles. The number of carbonyl (C=O) groups excluding carboxylic acids is 2. The van der Waals surface area contributed by atoms with E-state index in [2.05, 4.69) is 0 Å². The molecule has 4 nitrogen and oxygen atoms in total. The second-order valence-electron chi connectivity index (χ2n) is 3.41. The lowest BCUT2D eigenvalue weighted by molar-refractivity contribution is -0.123. The molecule has 1 unspecified atom stereocenters. The van der Waals surface area contributed by atoms with Gasteiger partial charge in [-0.2, -0.15) is 0 Å². The highest BCUT2D eigenvalue weighted by atomic mass is 16.2. The first kappa shape index (κ1) is 9.71. The Labute approximate surface area is 87.7 Å². The van der Waals surface area contributed by atoms with Gasteiger partial charge in [0.25, 0.3) is 0 Å². The van der Waals surface area contributed by atoms with Crippen LogP contribution in [-0.2, 0) is 4.79 Å². The van der Waals surface area contributed by atoms with Crippen LogP contribution < -0.4 is 5.73 Å². The fourth-order valence-corrected chi connectivity index (χ4v) is 1.79. The highest BCUT2D eigenvalue weighted by Crippen LogP contribution is 2.31. The second kappa shape index (κ2) is 3.73. The van der Waals surface area contributed by atoms with E-state index in [1.807, 2.05) is 30.3 Å². The molecule has 1 atom stereocenters. The van der Waals surface area contributed by atoms with Crippen LogP contribution in [0.4, 0.5) is 4.79 Å². The molecular weight excluding hydrogens is 192 g/mol. The van der Waals surface area contributed by atoms with Crippen molar-refractivity contribution in [2.24, 2.45) is 5.73 Å². The van der Waals surface area contributed by atoms with Crippen molar-refractivity contribution in [3.8, 4) is 0 Å². The van der Waals surface area contributed by atoms with Crippen LogP contribution in [0.15, 0.2) is 30.3 Å². The van der Waals surface area contributed by atoms with Crippen LogP contribution in [0.5, 0.6) is 0 Å². The number of likely N-dealkylation sites (tertiary alicyclic amines) is 1. The predicted molar refractivity (Wildman–Crippen MR) is 54.5 cm³/mol. The Balaban J connectivity index is 2.30. The quantitative estimate of drug-likeness (QED) is 0.746. The highest BCUT2D eigenvalue weighted by molar-refractivity contribution is 6.00. The van der Waals surface area contributed by atoms with Crippen LogP contribution in [0.1, 0.15) is 18.0 Å². The SMILES string of the molecule is NC(=O)N1C(=O)[CH]CC1c1ccccc1. The van der Waals surface area contributed by atoms with Gasteiger partial charge in [-0.05, 0) is 12.0 Å². The number of imide groups is 1. The number of hydrogen-bond acceptors (Lipinski definition) is 2. The van der Waals surface area contributed by atoms with E-state index < -0.39 is 6.03 Å². The number of urea groups is 1. The normalized spacial score (nSPS) is 20.7. The van der Waals surface area contributed by atoms with E-state index in [9.17, 15) is 9.59 Å². The van der Waals surface area contributed by atoms with Crippen molar-refractivity contribution in [2.75, 3.05) is 0 Å². The summed E-state index contributed by atoms with van der Waals surface area (Å²) < 4.78 is 0. The molecule has 1 heterocycles. The molecule has 1 aliphatic heterocycles. The van der Waals surface area contributed by atoms with Crippen LogP contribution >= 0.6 is 0 Å². The topological polar surface area (TPSA) is 63.4 Å². The third-order valence-electron chi connectivity index (χ3n) is 2.49. The molecule has 1 radical (unpaired) electrons. The molecule has 1 fully saturated rings. The van der Waals surface area contributed by atoms with Gasteiger partial charge in [0.1, 0.15) is 0 Å². The van der Waals surface area contributed by atoms with Crippen LogP contribution in [0.2, 0.25) is 0 Å². The lowest BCUT2D eigenvalue weighted by atomic mass is 10.1. The summed E-state index contributed by atoms with van der Waals surface area (Å²) in [6, 6.07) is 8.46. The molecule has 3 amide bonds. The van der Waals surface area contributed by atoms with Gasteiger partial charge >= 0.3 is 6.03 Å². The van der Waals surface area contributed by atoms with Gasteiger partial charge in [0.2, 0.25) is 5.91 Å². The lowest BCUT2D eigenvalue weighted by Gasteiger charge is -2.20. The average Bonchev–Trinajstić information content (AvgIpc) is 2.61. The summed E-state index contributed by atoms with van der Waals surface area (Å²) in [7, 11) is 0. The molecule has 4 heteroatoms. The third-order valence-corrected chi connectivity index (χ3v) is 2.49. The zero-order valence-electron chi connectivity index (χ0n) is 8.09. The molecule has 2 rings (SSSR count). The van der Waals surface area contributed by atoms with Crippen LogP contribution in [0.25, 0.3) is 0 Å². The predicted octanol–water partition coefficient (Wildman–Crippen LogP) is 1.24. The first-order chi connectivity index (χ1) is 7.20. The fourth-order valence-electron chi connectivity index (χ4n) is 1.79. The first-order valence-electron chi connectivity index (χ1n) is 4.71. The molecular formula is C11H11N2O2. The summed E-state index contributed by atoms with van der Waals surface area (Å²) in [6.45, 7) is 0. The Hall–Kier alpha value is -1.84. The first-order valence-corrected chi connectivity index (χ1v) is 4.71. The summed E-state index contributed by atoms with van der Waals surface area (Å²) in [5.74, 6) is -0.309. The molecule has 1 aliphatic rings. The van der Waals surface area contributed by atoms with Gasteiger partial charge in [0.15, 0.2) is 0 Å². The van der Waals surface area contributed by atoms with Crippen molar-refractivity contribution in [3.05, 3.63) is 42.3 Å². The molecule has 2 N–H and O–H groups in total. The van der Waals surface area contributed by atoms with E-state index >= 15 is 0 Å². The lowest BCUT2D eigenvalue weighted by Crippen LogP contribution is -2.38. The minimum absolute atomic E-state index is 0.240. The number of primary amides is 1. The Bertz CT molecular complexity index is 389. The molecule has 1 aromatic rings. The van der Waals surface area contributed by atoms with Crippen LogP contribution in [0.3, 0.4) is 0 Å². The highest BCUT2D eigenvalue weighted by Gasteiger charge is 2.35. The van der Waals surface area contributed by atoms with E-state index in [1.165, 1.54) is 6.42 Å². The summed E-state index contributed by atoms with van der Waals surface area (Å²) in [4.78, 5) is 23.6. The van der Waals surface area contributed by atoms with Crippen molar-refractivity contribution in [1.29, 1.82) is 0 Å². The zero-order chi connectivity index (χ0) is 10.8. The number of benzene rings is 1. The maximum absolute atomic E-state index is 11.4. The molecule has 1 aromatic carbocycles. The molecule has 0 aliphatic carbocycles. The molecule has 0 saturated carbocycles. The summed E-state index contributed by atoms with van der Waals surface area (Å²) in [5, 5.41) is 0. The summed E-state index contributed by atoms with van der Waals surface area (Å²) >= 11 is 0. The van der Waals surface area contributed by atoms with Crippen molar-refractivity contribution in [3.63, 3.8) is 0 Å². The van der Waals surface area contributed by atoms with Crippen molar-refractivity contribution in [2.45, 2.75) is 12.5 Å². The van der Waals surface area contributed by atoms with E-state index in [0.29, 0.717) is 6.42 Å². The smallest absolute Gasteiger partial charge is 0.322 e. The largest absolute Gasteiger partial charge is 0.351 e. The maximum atomic E-state index is 11.4. The fraction of sp³-hybridized carbons (Fsp3) is 0.182. The minimum atomic E-state index is -0.692. The molecule has 15 heavy (non-hydrogen) atoms. The van der Waals surface area contributed by atoms with E-state index in [4.69, 9.17) is 5.73 Å². The van der Waals surface area contributed by atoms with Crippen LogP contribution in [0, 0.1) is 6.42 Å². The Morgan fingerprint density at radius 1 is 1.33 bits per heavy atom. The number of nitrogens with two attached hydrogens (primary N) is 1. The van der Waals surface area contributed by atoms with Gasteiger partial charge < -0.3 is 5.73 Å². The van der Waals surface area contributed by atoms with Crippen molar-refractivity contribution < 1.29 is 9.59 Å². The van der Waals surface area contributed by atoms with Crippen molar-refractivity contribution in [1.82, 2.24) is 4.90 Å². The third kappa shape index (κ3) is 1.70. The van der Waals surface area contributed by atoms with Gasteiger partial charge in [0.05, 0.1) is 12.5 Å². The monoisotopic (exact) mass is 203 g/mol. The van der Waals surface area contributed by atoms with Gasteiger partial charge in [-0.1, -0.05) is 30.3 Å². The maximum Gasteiger partial charge on any atom is 0.322 e. The van der Waals surface area contributed by atoms with Gasteiger partial charge in [-0.15, -0.1) is 0 Å². The molecule has 0 aromatic heterocycles. The average molecular weight is 203 g/mol. The van der Waals surface area contributed by atoms with Gasteiger partial charge in [-0.25, -0.2) is 4.79 Å². The number of amides is 3. The number of carbonyl (C=O) groups is 2. The second-order valence-corrected chi connectivity index (χ2v) is 3.41. The summed E-state index contributed by atoms with van der Waals surface area (Å²) in [5.41, 5.74) is 6.09. The number of nitrogens with zero attached hydrogens (tertiary/aromatic N) is 1. The van der Waals surface area contributed by atoms with Gasteiger partial charge in [0, 0.05) is 0 Å². The molecule has 0 bridgehead atoms. The zero-order valence-corrected chi connectivity index (χ0v) is 8.09. The van der Waals surface area contributed by atoms with E-state index in [0.717, 1.165) is 10.5 Å². The number of hydrogen-bond donors (Lipinski definition) is 1.